The van der Waals surface area contributed by atoms with Crippen LogP contribution in [0.25, 0.3) is 83.2 Å². The molecule has 5 nitrogen and oxygen atoms in total. The average molecular weight is 668 g/mol. The summed E-state index contributed by atoms with van der Waals surface area (Å²) in [5.74, 6) is 2.88. The molecule has 2 atom stereocenters. The van der Waals surface area contributed by atoms with Gasteiger partial charge in [0.25, 0.3) is 0 Å². The van der Waals surface area contributed by atoms with E-state index in [1.54, 1.807) is 0 Å². The lowest BCUT2D eigenvalue weighted by molar-refractivity contribution is 0.278. The van der Waals surface area contributed by atoms with Gasteiger partial charge in [-0.2, -0.15) is 0 Å². The first-order chi connectivity index (χ1) is 25.8. The van der Waals surface area contributed by atoms with Crippen molar-refractivity contribution in [3.05, 3.63) is 175 Å². The van der Waals surface area contributed by atoms with E-state index >= 15 is 0 Å². The Labute approximate surface area is 299 Å². The molecule has 2 aromatic heterocycles. The number of hydrogen-bond donors (Lipinski definition) is 0. The maximum atomic E-state index is 6.75. The lowest BCUT2D eigenvalue weighted by atomic mass is 9.83. The van der Waals surface area contributed by atoms with Crippen LogP contribution in [0, 0.1) is 0 Å². The van der Waals surface area contributed by atoms with Gasteiger partial charge in [0.2, 0.25) is 0 Å². The molecule has 0 saturated carbocycles. The van der Waals surface area contributed by atoms with Crippen LogP contribution in [-0.2, 0) is 0 Å². The van der Waals surface area contributed by atoms with Crippen LogP contribution in [0.2, 0.25) is 0 Å². The fraction of sp³-hybridized carbons (Fsp3) is 0.0426. The zero-order chi connectivity index (χ0) is 34.2. The minimum atomic E-state index is -0.151. The highest BCUT2D eigenvalue weighted by molar-refractivity contribution is 6.15. The molecule has 0 spiro atoms. The first-order valence-corrected chi connectivity index (χ1v) is 17.6. The highest BCUT2D eigenvalue weighted by Gasteiger charge is 2.38. The monoisotopic (exact) mass is 667 g/mol. The molecule has 1 aliphatic heterocycles. The average Bonchev–Trinajstić information content (AvgIpc) is 3.80. The van der Waals surface area contributed by atoms with E-state index in [9.17, 15) is 0 Å². The Morgan fingerprint density at radius 1 is 0.519 bits per heavy atom. The van der Waals surface area contributed by atoms with Gasteiger partial charge in [0.1, 0.15) is 23.0 Å². The molecule has 0 fully saturated rings. The summed E-state index contributed by atoms with van der Waals surface area (Å²) in [6.45, 7) is 0. The van der Waals surface area contributed by atoms with Gasteiger partial charge in [-0.3, -0.25) is 0 Å². The number of benzene rings is 7. The van der Waals surface area contributed by atoms with E-state index in [1.807, 2.05) is 48.5 Å². The van der Waals surface area contributed by atoms with Crippen LogP contribution < -0.4 is 4.74 Å². The Kier molecular flexibility index (Phi) is 6.31. The lowest BCUT2D eigenvalue weighted by Crippen LogP contribution is -2.21. The summed E-state index contributed by atoms with van der Waals surface area (Å²) < 4.78 is 13.4. The van der Waals surface area contributed by atoms with Crippen molar-refractivity contribution < 1.29 is 9.15 Å². The van der Waals surface area contributed by atoms with Crippen molar-refractivity contribution in [1.82, 2.24) is 15.0 Å². The summed E-state index contributed by atoms with van der Waals surface area (Å²) in [6, 6.07) is 50.2. The van der Waals surface area contributed by atoms with Crippen molar-refractivity contribution in [1.29, 1.82) is 0 Å². The fourth-order valence-corrected chi connectivity index (χ4v) is 8.04. The summed E-state index contributed by atoms with van der Waals surface area (Å²) >= 11 is 0. The number of para-hydroxylation sites is 2. The molecule has 2 aliphatic rings. The van der Waals surface area contributed by atoms with Crippen molar-refractivity contribution in [3.63, 3.8) is 0 Å². The molecule has 52 heavy (non-hydrogen) atoms. The zero-order valence-corrected chi connectivity index (χ0v) is 27.9. The number of fused-ring (bicyclic) bond motifs is 9. The number of hydrogen-bond acceptors (Lipinski definition) is 5. The first-order valence-electron chi connectivity index (χ1n) is 17.6. The second kappa shape index (κ2) is 11.3. The molecule has 1 aliphatic carbocycles. The van der Waals surface area contributed by atoms with Crippen LogP contribution in [0.15, 0.2) is 168 Å². The zero-order valence-electron chi connectivity index (χ0n) is 27.9. The van der Waals surface area contributed by atoms with Crippen molar-refractivity contribution in [2.24, 2.45) is 0 Å². The molecule has 9 aromatic rings. The Balaban J connectivity index is 1.13. The van der Waals surface area contributed by atoms with Crippen LogP contribution >= 0.6 is 0 Å². The second-order valence-electron chi connectivity index (χ2n) is 13.5. The molecule has 5 heteroatoms. The van der Waals surface area contributed by atoms with E-state index in [4.69, 9.17) is 24.1 Å². The van der Waals surface area contributed by atoms with Gasteiger partial charge in [0.15, 0.2) is 17.5 Å². The first kappa shape index (κ1) is 28.9. The van der Waals surface area contributed by atoms with Crippen LogP contribution in [0.1, 0.15) is 17.0 Å². The predicted octanol–water partition coefficient (Wildman–Crippen LogP) is 11.6. The van der Waals surface area contributed by atoms with E-state index in [1.165, 1.54) is 21.7 Å². The molecule has 0 radical (unpaired) electrons. The topological polar surface area (TPSA) is 61.0 Å². The minimum Gasteiger partial charge on any atom is -0.484 e. The summed E-state index contributed by atoms with van der Waals surface area (Å²) in [4.78, 5) is 15.5. The van der Waals surface area contributed by atoms with Crippen LogP contribution in [0.4, 0.5) is 0 Å². The highest BCUT2D eigenvalue weighted by Crippen LogP contribution is 2.48. The second-order valence-corrected chi connectivity index (χ2v) is 13.5. The van der Waals surface area contributed by atoms with Crippen molar-refractivity contribution in [2.45, 2.75) is 12.0 Å². The third-order valence-electron chi connectivity index (χ3n) is 10.5. The van der Waals surface area contributed by atoms with Gasteiger partial charge in [-0.15, -0.1) is 0 Å². The molecule has 0 amide bonds. The van der Waals surface area contributed by atoms with E-state index < -0.39 is 0 Å². The van der Waals surface area contributed by atoms with Crippen molar-refractivity contribution in [2.75, 3.05) is 0 Å². The van der Waals surface area contributed by atoms with Gasteiger partial charge >= 0.3 is 0 Å². The van der Waals surface area contributed by atoms with Gasteiger partial charge in [-0.05, 0) is 45.8 Å². The SMILES string of the molecule is C1=CC2c3ccccc3OC2C(c2ccc(-c3nc(-c4ccccc4)nc(-c4ccc5ccc6ccccc6c5c4)n3)c3c2oc2ccccc23)=C1. The normalized spacial score (nSPS) is 16.3. The molecule has 7 aromatic carbocycles. The number of ether oxygens (including phenoxy) is 1. The summed E-state index contributed by atoms with van der Waals surface area (Å²) in [7, 11) is 0. The highest BCUT2D eigenvalue weighted by atomic mass is 16.5. The fourth-order valence-electron chi connectivity index (χ4n) is 8.04. The smallest absolute Gasteiger partial charge is 0.164 e. The Morgan fingerprint density at radius 2 is 1.21 bits per heavy atom. The Bertz CT molecular complexity index is 2960. The predicted molar refractivity (Wildman–Crippen MR) is 209 cm³/mol. The molecule has 2 unspecified atom stereocenters. The van der Waals surface area contributed by atoms with Crippen LogP contribution in [0.5, 0.6) is 5.75 Å². The Morgan fingerprint density at radius 3 is 2.12 bits per heavy atom. The molecular weight excluding hydrogens is 639 g/mol. The molecule has 3 heterocycles. The number of furan rings is 1. The lowest BCUT2D eigenvalue weighted by Gasteiger charge is -2.23. The van der Waals surface area contributed by atoms with Gasteiger partial charge in [-0.1, -0.05) is 140 Å². The maximum absolute atomic E-state index is 6.75. The molecule has 11 rings (SSSR count). The minimum absolute atomic E-state index is 0.133. The molecule has 0 bridgehead atoms. The molecule has 0 saturated heterocycles. The number of rotatable bonds is 4. The van der Waals surface area contributed by atoms with E-state index in [0.29, 0.717) is 17.5 Å². The summed E-state index contributed by atoms with van der Waals surface area (Å²) in [5, 5.41) is 6.71. The molecule has 244 valence electrons. The standard InChI is InChI=1S/C47H29N3O2/c1-2-12-30(13-3-1)45-48-46(31-24-23-29-22-21-28-11-4-5-14-32(28)39(29)27-31)50-47(49-45)38-26-25-36(44-42(38)37-16-7-9-20-41(37)52-44)35-18-10-17-34-33-15-6-8-19-40(33)51-43(34)35/h1-27,34,43H. The third-order valence-corrected chi connectivity index (χ3v) is 10.5. The molecule has 0 N–H and O–H groups in total. The van der Waals surface area contributed by atoms with E-state index in [0.717, 1.165) is 60.9 Å². The van der Waals surface area contributed by atoms with Crippen molar-refractivity contribution >= 4 is 49.1 Å². The van der Waals surface area contributed by atoms with E-state index in [2.05, 4.69) is 115 Å². The number of allylic oxidation sites excluding steroid dienone is 2. The maximum Gasteiger partial charge on any atom is 0.164 e. The van der Waals surface area contributed by atoms with Crippen LogP contribution in [-0.4, -0.2) is 21.1 Å². The molecular formula is C47H29N3O2. The van der Waals surface area contributed by atoms with Crippen LogP contribution in [0.3, 0.4) is 0 Å². The van der Waals surface area contributed by atoms with Gasteiger partial charge in [-0.25, -0.2) is 15.0 Å². The van der Waals surface area contributed by atoms with Gasteiger partial charge < -0.3 is 9.15 Å². The van der Waals surface area contributed by atoms with Gasteiger partial charge in [0, 0.05) is 50.1 Å². The largest absolute Gasteiger partial charge is 0.484 e. The quantitative estimate of drug-likeness (QED) is 0.175. The Hall–Kier alpha value is -6.85. The summed E-state index contributed by atoms with van der Waals surface area (Å²) in [5.41, 5.74) is 7.63. The van der Waals surface area contributed by atoms with E-state index in [-0.39, 0.29) is 12.0 Å². The number of nitrogens with zero attached hydrogens (tertiary/aromatic N) is 3. The summed E-state index contributed by atoms with van der Waals surface area (Å²) in [6.07, 6.45) is 6.38. The van der Waals surface area contributed by atoms with Crippen molar-refractivity contribution in [3.8, 4) is 39.9 Å². The number of aromatic nitrogens is 3. The van der Waals surface area contributed by atoms with Gasteiger partial charge in [0.05, 0.1) is 0 Å². The third kappa shape index (κ3) is 4.46.